The van der Waals surface area contributed by atoms with Gasteiger partial charge in [-0.15, -0.1) is 0 Å². The van der Waals surface area contributed by atoms with Crippen LogP contribution in [0.25, 0.3) is 22.4 Å². The Labute approximate surface area is 323 Å². The number of esters is 4. The van der Waals surface area contributed by atoms with Crippen LogP contribution < -0.4 is 24.6 Å². The zero-order valence-corrected chi connectivity index (χ0v) is 31.1. The van der Waals surface area contributed by atoms with Crippen molar-refractivity contribution in [3.8, 4) is 34.5 Å². The average molecular weight is 813 g/mol. The standard InChI is InChI=1S/C41H34BrNO12/c1-4-36(44)51-20-6-18-49-29-13-8-26(9-14-29)39(46)53-34-17-12-28(23-32(34)42)38-43-33-22-25(3)35(24-31(33)41(48)55-38)54-40(47)27-10-15-30(16-11-27)50-19-7-21-52-37(45)5-2/h4-5,8-17,22-24H,1-2,6-7,18-21H2,3H3. The minimum Gasteiger partial charge on any atom is -0.493 e. The zero-order chi connectivity index (χ0) is 39.3. The van der Waals surface area contributed by atoms with E-state index in [0.29, 0.717) is 58.7 Å². The summed E-state index contributed by atoms with van der Waals surface area (Å²) in [6.07, 6.45) is 3.14. The van der Waals surface area contributed by atoms with Crippen molar-refractivity contribution in [3.63, 3.8) is 0 Å². The summed E-state index contributed by atoms with van der Waals surface area (Å²) in [4.78, 5) is 65.6. The highest BCUT2D eigenvalue weighted by molar-refractivity contribution is 9.10. The molecule has 4 aromatic carbocycles. The summed E-state index contributed by atoms with van der Waals surface area (Å²) in [5.41, 5.74) is 1.15. The van der Waals surface area contributed by atoms with Gasteiger partial charge in [-0.05, 0) is 107 Å². The molecule has 0 spiro atoms. The fraction of sp³-hybridized carbons (Fsp3) is 0.171. The molecule has 0 N–H and O–H groups in total. The summed E-state index contributed by atoms with van der Waals surface area (Å²) in [7, 11) is 0. The first-order valence-electron chi connectivity index (χ1n) is 16.8. The Morgan fingerprint density at radius 1 is 0.709 bits per heavy atom. The monoisotopic (exact) mass is 811 g/mol. The van der Waals surface area contributed by atoms with Crippen LogP contribution in [0.1, 0.15) is 39.1 Å². The van der Waals surface area contributed by atoms with Crippen LogP contribution in [0.15, 0.2) is 118 Å². The molecule has 0 unspecified atom stereocenters. The van der Waals surface area contributed by atoms with Gasteiger partial charge in [0.15, 0.2) is 0 Å². The van der Waals surface area contributed by atoms with E-state index in [1.807, 2.05) is 0 Å². The van der Waals surface area contributed by atoms with Crippen molar-refractivity contribution in [2.45, 2.75) is 19.8 Å². The smallest absolute Gasteiger partial charge is 0.347 e. The normalized spacial score (nSPS) is 10.6. The molecule has 1 heterocycles. The first-order chi connectivity index (χ1) is 26.5. The number of aromatic nitrogens is 1. The van der Waals surface area contributed by atoms with E-state index < -0.39 is 29.5 Å². The molecule has 0 saturated heterocycles. The molecule has 0 aliphatic rings. The van der Waals surface area contributed by atoms with E-state index in [-0.39, 0.29) is 47.1 Å². The van der Waals surface area contributed by atoms with Crippen molar-refractivity contribution in [2.75, 3.05) is 26.4 Å². The predicted octanol–water partition coefficient (Wildman–Crippen LogP) is 7.36. The highest BCUT2D eigenvalue weighted by Gasteiger charge is 2.18. The Morgan fingerprint density at radius 3 is 1.75 bits per heavy atom. The topological polar surface area (TPSA) is 167 Å². The van der Waals surface area contributed by atoms with Gasteiger partial charge in [0.1, 0.15) is 23.0 Å². The molecular weight excluding hydrogens is 778 g/mol. The number of fused-ring (bicyclic) bond motifs is 1. The maximum absolute atomic E-state index is 13.1. The number of carbonyl (C=O) groups is 4. The number of benzene rings is 4. The number of aryl methyl sites for hydroxylation is 1. The van der Waals surface area contributed by atoms with E-state index in [9.17, 15) is 24.0 Å². The predicted molar refractivity (Wildman–Crippen MR) is 203 cm³/mol. The maximum Gasteiger partial charge on any atom is 0.347 e. The van der Waals surface area contributed by atoms with Crippen molar-refractivity contribution >= 4 is 50.7 Å². The third-order valence-electron chi connectivity index (χ3n) is 7.63. The van der Waals surface area contributed by atoms with Gasteiger partial charge in [0.2, 0.25) is 5.89 Å². The fourth-order valence-corrected chi connectivity index (χ4v) is 5.27. The van der Waals surface area contributed by atoms with Gasteiger partial charge in [0, 0.05) is 30.6 Å². The summed E-state index contributed by atoms with van der Waals surface area (Å²) in [5, 5.41) is 0.106. The lowest BCUT2D eigenvalue weighted by atomic mass is 10.1. The Hall–Kier alpha value is -6.54. The number of halogens is 1. The van der Waals surface area contributed by atoms with Crippen molar-refractivity contribution in [2.24, 2.45) is 0 Å². The van der Waals surface area contributed by atoms with Gasteiger partial charge in [0.25, 0.3) is 0 Å². The highest BCUT2D eigenvalue weighted by atomic mass is 79.9. The molecule has 0 saturated carbocycles. The van der Waals surface area contributed by atoms with Gasteiger partial charge in [-0.25, -0.2) is 29.0 Å². The molecule has 1 aromatic heterocycles. The van der Waals surface area contributed by atoms with E-state index in [2.05, 4.69) is 34.1 Å². The quantitative estimate of drug-likeness (QED) is 0.0396. The van der Waals surface area contributed by atoms with Crippen LogP contribution in [-0.4, -0.2) is 55.3 Å². The molecule has 14 heteroatoms. The third kappa shape index (κ3) is 11.0. The average Bonchev–Trinajstić information content (AvgIpc) is 3.19. The summed E-state index contributed by atoms with van der Waals surface area (Å²) in [6.45, 7) is 9.39. The lowest BCUT2D eigenvalue weighted by molar-refractivity contribution is -0.138. The Balaban J connectivity index is 1.18. The van der Waals surface area contributed by atoms with Crippen molar-refractivity contribution in [3.05, 3.63) is 136 Å². The molecule has 0 aliphatic carbocycles. The van der Waals surface area contributed by atoms with E-state index >= 15 is 0 Å². The summed E-state index contributed by atoms with van der Waals surface area (Å²) >= 11 is 3.42. The van der Waals surface area contributed by atoms with Gasteiger partial charge < -0.3 is 32.8 Å². The molecule has 0 amide bonds. The summed E-state index contributed by atoms with van der Waals surface area (Å²) in [6, 6.07) is 20.4. The van der Waals surface area contributed by atoms with E-state index in [1.165, 1.54) is 12.1 Å². The van der Waals surface area contributed by atoms with Gasteiger partial charge in [-0.2, -0.15) is 0 Å². The molecule has 5 aromatic rings. The lowest BCUT2D eigenvalue weighted by Gasteiger charge is -2.11. The molecule has 55 heavy (non-hydrogen) atoms. The molecule has 0 bridgehead atoms. The zero-order valence-electron chi connectivity index (χ0n) is 29.5. The summed E-state index contributed by atoms with van der Waals surface area (Å²) < 4.78 is 38.1. The molecule has 0 aliphatic heterocycles. The highest BCUT2D eigenvalue weighted by Crippen LogP contribution is 2.32. The first-order valence-corrected chi connectivity index (χ1v) is 17.6. The second-order valence-corrected chi connectivity index (χ2v) is 12.4. The van der Waals surface area contributed by atoms with E-state index in [4.69, 9.17) is 32.8 Å². The number of ether oxygens (including phenoxy) is 6. The van der Waals surface area contributed by atoms with Crippen molar-refractivity contribution in [1.29, 1.82) is 0 Å². The molecule has 0 atom stereocenters. The van der Waals surface area contributed by atoms with Gasteiger partial charge in [-0.3, -0.25) is 0 Å². The molecule has 0 fully saturated rings. The number of nitrogens with zero attached hydrogens (tertiary/aromatic N) is 1. The van der Waals surface area contributed by atoms with Gasteiger partial charge >= 0.3 is 29.5 Å². The molecule has 5 rings (SSSR count). The van der Waals surface area contributed by atoms with Crippen LogP contribution in [0, 0.1) is 6.92 Å². The van der Waals surface area contributed by atoms with Crippen molar-refractivity contribution < 1.29 is 52.0 Å². The molecular formula is C41H34BrNO12. The van der Waals surface area contributed by atoms with Crippen LogP contribution in [0.4, 0.5) is 0 Å². The first kappa shape index (κ1) is 39.7. The third-order valence-corrected chi connectivity index (χ3v) is 8.25. The van der Waals surface area contributed by atoms with Crippen LogP contribution in [0.5, 0.6) is 23.0 Å². The molecule has 0 radical (unpaired) electrons. The molecule has 282 valence electrons. The van der Waals surface area contributed by atoms with Crippen LogP contribution in [-0.2, 0) is 19.1 Å². The van der Waals surface area contributed by atoms with Crippen molar-refractivity contribution in [1.82, 2.24) is 4.98 Å². The second kappa shape index (κ2) is 19.0. The number of hydrogen-bond acceptors (Lipinski definition) is 13. The number of rotatable bonds is 17. The number of carbonyl (C=O) groups excluding carboxylic acids is 4. The van der Waals surface area contributed by atoms with E-state index in [0.717, 1.165) is 12.2 Å². The Kier molecular flexibility index (Phi) is 13.7. The molecule has 13 nitrogen and oxygen atoms in total. The lowest BCUT2D eigenvalue weighted by Crippen LogP contribution is -2.11. The largest absolute Gasteiger partial charge is 0.493 e. The fourth-order valence-electron chi connectivity index (χ4n) is 4.81. The summed E-state index contributed by atoms with van der Waals surface area (Å²) in [5.74, 6) is -0.801. The number of hydrogen-bond donors (Lipinski definition) is 0. The van der Waals surface area contributed by atoms with Crippen LogP contribution >= 0.6 is 15.9 Å². The minimum atomic E-state index is -0.701. The second-order valence-electron chi connectivity index (χ2n) is 11.6. The van der Waals surface area contributed by atoms with E-state index in [1.54, 1.807) is 73.7 Å². The van der Waals surface area contributed by atoms with Crippen LogP contribution in [0.2, 0.25) is 0 Å². The van der Waals surface area contributed by atoms with Crippen LogP contribution in [0.3, 0.4) is 0 Å². The Morgan fingerprint density at radius 2 is 1.24 bits per heavy atom. The van der Waals surface area contributed by atoms with Gasteiger partial charge in [-0.1, -0.05) is 13.2 Å². The minimum absolute atomic E-state index is 0.0229. The SMILES string of the molecule is C=CC(=O)OCCCOc1ccc(C(=O)Oc2cc3c(=O)oc(-c4ccc(OC(=O)c5ccc(OCCCOC(=O)C=C)cc5)c(Br)c4)nc3cc2C)cc1. The maximum atomic E-state index is 13.1. The van der Waals surface area contributed by atoms with Gasteiger partial charge in [0.05, 0.1) is 52.9 Å². The Bertz CT molecular complexity index is 2280.